The van der Waals surface area contributed by atoms with E-state index in [0.29, 0.717) is 22.6 Å². The van der Waals surface area contributed by atoms with Gasteiger partial charge in [-0.2, -0.15) is 0 Å². The smallest absolute Gasteiger partial charge is 0.262 e. The number of carbonyl (C=O) groups is 1. The fourth-order valence-electron chi connectivity index (χ4n) is 3.56. The zero-order valence-electron chi connectivity index (χ0n) is 18.3. The first kappa shape index (κ1) is 22.1. The highest BCUT2D eigenvalue weighted by atomic mass is 32.2. The second-order valence-electron chi connectivity index (χ2n) is 7.74. The molecule has 1 atom stereocenters. The van der Waals surface area contributed by atoms with E-state index in [1.807, 2.05) is 45.9 Å². The van der Waals surface area contributed by atoms with E-state index >= 15 is 0 Å². The molecule has 0 saturated heterocycles. The van der Waals surface area contributed by atoms with Gasteiger partial charge in [0.15, 0.2) is 5.16 Å². The van der Waals surface area contributed by atoms with Crippen molar-refractivity contribution in [2.75, 3.05) is 5.32 Å². The lowest BCUT2D eigenvalue weighted by atomic mass is 10.1. The number of aryl methyl sites for hydroxylation is 3. The lowest BCUT2D eigenvalue weighted by molar-refractivity contribution is -0.115. The van der Waals surface area contributed by atoms with E-state index in [-0.39, 0.29) is 11.5 Å². The van der Waals surface area contributed by atoms with Crippen LogP contribution in [0.4, 0.5) is 5.69 Å². The second kappa shape index (κ2) is 9.47. The number of unbranched alkanes of at least 4 members (excludes halogenated alkanes) is 1. The molecule has 6 heteroatoms. The Kier molecular flexibility index (Phi) is 6.98. The third-order valence-electron chi connectivity index (χ3n) is 5.14. The summed E-state index contributed by atoms with van der Waals surface area (Å²) in [6.45, 7) is 10.6. The summed E-state index contributed by atoms with van der Waals surface area (Å²) >= 11 is 1.33. The molecule has 1 aromatic heterocycles. The Balaban J connectivity index is 1.89. The Labute approximate surface area is 181 Å². The van der Waals surface area contributed by atoms with Gasteiger partial charge in [0.2, 0.25) is 5.91 Å². The summed E-state index contributed by atoms with van der Waals surface area (Å²) < 4.78 is 1.71. The molecule has 2 aromatic carbocycles. The molecule has 1 amide bonds. The third kappa shape index (κ3) is 4.75. The number of fused-ring (bicyclic) bond motifs is 1. The minimum absolute atomic E-state index is 0.0469. The van der Waals surface area contributed by atoms with E-state index in [2.05, 4.69) is 24.4 Å². The first-order valence-corrected chi connectivity index (χ1v) is 11.2. The number of rotatable bonds is 7. The zero-order valence-corrected chi connectivity index (χ0v) is 19.1. The number of benzene rings is 2. The quantitative estimate of drug-likeness (QED) is 0.417. The predicted molar refractivity (Wildman–Crippen MR) is 126 cm³/mol. The topological polar surface area (TPSA) is 64.0 Å². The van der Waals surface area contributed by atoms with Crippen molar-refractivity contribution in [3.05, 3.63) is 63.4 Å². The molecule has 5 nitrogen and oxygen atoms in total. The fourth-order valence-corrected chi connectivity index (χ4v) is 4.50. The van der Waals surface area contributed by atoms with Crippen molar-refractivity contribution in [1.82, 2.24) is 9.55 Å². The number of aromatic nitrogens is 2. The fraction of sp³-hybridized carbons (Fsp3) is 0.375. The van der Waals surface area contributed by atoms with Gasteiger partial charge in [-0.3, -0.25) is 14.2 Å². The standard InChI is InChI=1S/C24H29N3O2S/c1-6-7-12-27-23(29)19-10-8-9-11-20(19)25-24(27)30-18(5)22(28)26-21-16(3)13-15(2)14-17(21)4/h8-11,13-14,18H,6-7,12H2,1-5H3,(H,26,28)/t18-/m1/s1. The summed E-state index contributed by atoms with van der Waals surface area (Å²) in [5.74, 6) is -0.0977. The molecule has 30 heavy (non-hydrogen) atoms. The maximum absolute atomic E-state index is 13.0. The number of thioether (sulfide) groups is 1. The Morgan fingerprint density at radius 1 is 1.17 bits per heavy atom. The van der Waals surface area contributed by atoms with Crippen LogP contribution in [0.25, 0.3) is 10.9 Å². The molecular formula is C24H29N3O2S. The highest BCUT2D eigenvalue weighted by molar-refractivity contribution is 8.00. The molecule has 158 valence electrons. The maximum atomic E-state index is 13.0. The summed E-state index contributed by atoms with van der Waals surface area (Å²) in [5.41, 5.74) is 4.73. The van der Waals surface area contributed by atoms with Crippen molar-refractivity contribution in [1.29, 1.82) is 0 Å². The van der Waals surface area contributed by atoms with E-state index in [1.54, 1.807) is 10.6 Å². The highest BCUT2D eigenvalue weighted by Crippen LogP contribution is 2.26. The summed E-state index contributed by atoms with van der Waals surface area (Å²) in [6, 6.07) is 11.5. The number of amides is 1. The van der Waals surface area contributed by atoms with Gasteiger partial charge in [-0.15, -0.1) is 0 Å². The number of para-hydroxylation sites is 1. The van der Waals surface area contributed by atoms with Crippen LogP contribution in [0.15, 0.2) is 46.3 Å². The summed E-state index contributed by atoms with van der Waals surface area (Å²) in [7, 11) is 0. The zero-order chi connectivity index (χ0) is 21.8. The molecular weight excluding hydrogens is 394 g/mol. The predicted octanol–water partition coefficient (Wildman–Crippen LogP) is 5.24. The second-order valence-corrected chi connectivity index (χ2v) is 9.05. The summed E-state index contributed by atoms with van der Waals surface area (Å²) in [4.78, 5) is 30.7. The lowest BCUT2D eigenvalue weighted by Crippen LogP contribution is -2.27. The minimum Gasteiger partial charge on any atom is -0.325 e. The summed E-state index contributed by atoms with van der Waals surface area (Å²) in [5, 5.41) is 3.87. The van der Waals surface area contributed by atoms with Crippen LogP contribution in [0.3, 0.4) is 0 Å². The van der Waals surface area contributed by atoms with Crippen molar-refractivity contribution in [2.24, 2.45) is 0 Å². The van der Waals surface area contributed by atoms with E-state index in [9.17, 15) is 9.59 Å². The van der Waals surface area contributed by atoms with Gasteiger partial charge < -0.3 is 5.32 Å². The van der Waals surface area contributed by atoms with Crippen molar-refractivity contribution in [3.63, 3.8) is 0 Å². The van der Waals surface area contributed by atoms with Crippen LogP contribution < -0.4 is 10.9 Å². The monoisotopic (exact) mass is 423 g/mol. The molecule has 0 spiro atoms. The molecule has 0 fully saturated rings. The first-order chi connectivity index (χ1) is 14.3. The highest BCUT2D eigenvalue weighted by Gasteiger charge is 2.20. The molecule has 3 rings (SSSR count). The number of carbonyl (C=O) groups excluding carboxylic acids is 1. The van der Waals surface area contributed by atoms with E-state index in [0.717, 1.165) is 29.7 Å². The number of anilines is 1. The molecule has 1 N–H and O–H groups in total. The van der Waals surface area contributed by atoms with Gasteiger partial charge in [0, 0.05) is 12.2 Å². The number of nitrogens with one attached hydrogen (secondary N) is 1. The lowest BCUT2D eigenvalue weighted by Gasteiger charge is -2.18. The van der Waals surface area contributed by atoms with Crippen molar-refractivity contribution >= 4 is 34.3 Å². The molecule has 0 aliphatic rings. The number of hydrogen-bond acceptors (Lipinski definition) is 4. The molecule has 1 heterocycles. The summed E-state index contributed by atoms with van der Waals surface area (Å²) in [6.07, 6.45) is 1.86. The van der Waals surface area contributed by atoms with Crippen molar-refractivity contribution < 1.29 is 4.79 Å². The van der Waals surface area contributed by atoms with Crippen LogP contribution in [0, 0.1) is 20.8 Å². The maximum Gasteiger partial charge on any atom is 0.262 e. The Bertz CT molecular complexity index is 1110. The van der Waals surface area contributed by atoms with Gasteiger partial charge in [0.05, 0.1) is 16.2 Å². The molecule has 0 radical (unpaired) electrons. The average molecular weight is 424 g/mol. The molecule has 0 unspecified atom stereocenters. The molecule has 0 aliphatic heterocycles. The van der Waals surface area contributed by atoms with Gasteiger partial charge in [-0.05, 0) is 57.4 Å². The van der Waals surface area contributed by atoms with E-state index in [4.69, 9.17) is 4.98 Å². The SMILES string of the molecule is CCCCn1c(S[C@H](C)C(=O)Nc2c(C)cc(C)cc2C)nc2ccccc2c1=O. The van der Waals surface area contributed by atoms with Crippen LogP contribution in [-0.2, 0) is 11.3 Å². The van der Waals surface area contributed by atoms with Crippen molar-refractivity contribution in [2.45, 2.75) is 64.4 Å². The third-order valence-corrected chi connectivity index (χ3v) is 6.23. The van der Waals surface area contributed by atoms with Crippen LogP contribution in [0.5, 0.6) is 0 Å². The van der Waals surface area contributed by atoms with Gasteiger partial charge in [0.1, 0.15) is 0 Å². The van der Waals surface area contributed by atoms with E-state index < -0.39 is 5.25 Å². The Morgan fingerprint density at radius 3 is 2.50 bits per heavy atom. The van der Waals surface area contributed by atoms with Crippen LogP contribution in [0.2, 0.25) is 0 Å². The first-order valence-electron chi connectivity index (χ1n) is 10.4. The number of nitrogens with zero attached hydrogens (tertiary/aromatic N) is 2. The molecule has 3 aromatic rings. The van der Waals surface area contributed by atoms with Gasteiger partial charge >= 0.3 is 0 Å². The van der Waals surface area contributed by atoms with Crippen LogP contribution in [-0.4, -0.2) is 20.7 Å². The number of hydrogen-bond donors (Lipinski definition) is 1. The molecule has 0 saturated carbocycles. The average Bonchev–Trinajstić information content (AvgIpc) is 2.70. The van der Waals surface area contributed by atoms with Crippen LogP contribution in [0.1, 0.15) is 43.4 Å². The van der Waals surface area contributed by atoms with Gasteiger partial charge in [-0.25, -0.2) is 4.98 Å². The molecule has 0 aliphatic carbocycles. The van der Waals surface area contributed by atoms with E-state index in [1.165, 1.54) is 17.3 Å². The molecule has 0 bridgehead atoms. The van der Waals surface area contributed by atoms with Gasteiger partial charge in [-0.1, -0.05) is 54.9 Å². The minimum atomic E-state index is -0.397. The van der Waals surface area contributed by atoms with Crippen LogP contribution >= 0.6 is 11.8 Å². The van der Waals surface area contributed by atoms with Gasteiger partial charge in [0.25, 0.3) is 5.56 Å². The normalized spacial score (nSPS) is 12.2. The Hall–Kier alpha value is -2.60. The Morgan fingerprint density at radius 2 is 1.83 bits per heavy atom. The largest absolute Gasteiger partial charge is 0.325 e. The van der Waals surface area contributed by atoms with Crippen molar-refractivity contribution in [3.8, 4) is 0 Å².